The lowest BCUT2D eigenvalue weighted by Crippen LogP contribution is -2.16. The first-order chi connectivity index (χ1) is 13.2. The summed E-state index contributed by atoms with van der Waals surface area (Å²) in [5.41, 5.74) is 5.55. The molecule has 0 atom stereocenters. The van der Waals surface area contributed by atoms with Gasteiger partial charge in [-0.1, -0.05) is 12.1 Å². The van der Waals surface area contributed by atoms with E-state index in [0.717, 1.165) is 40.9 Å². The largest absolute Gasteiger partial charge is 0.508 e. The van der Waals surface area contributed by atoms with E-state index < -0.39 is 0 Å². The smallest absolute Gasteiger partial charge is 0.166 e. The highest BCUT2D eigenvalue weighted by Crippen LogP contribution is 2.36. The topological polar surface area (TPSA) is 80.4 Å². The molecule has 0 unspecified atom stereocenters. The molecule has 3 heterocycles. The van der Waals surface area contributed by atoms with Gasteiger partial charge < -0.3 is 5.11 Å². The number of phenolic OH excluding ortho intramolecular Hbond substituents is 1. The van der Waals surface area contributed by atoms with Gasteiger partial charge in [-0.25, -0.2) is 9.50 Å². The molecule has 5 rings (SSSR count). The Balaban J connectivity index is 1.87. The van der Waals surface area contributed by atoms with Gasteiger partial charge in [0.1, 0.15) is 11.4 Å². The molecule has 1 aliphatic carbocycles. The Kier molecular flexibility index (Phi) is 3.50. The third-order valence-electron chi connectivity index (χ3n) is 4.95. The molecule has 1 N–H and O–H groups in total. The summed E-state index contributed by atoms with van der Waals surface area (Å²) in [5.74, 6) is 0.297. The zero-order chi connectivity index (χ0) is 18.4. The first-order valence-electron chi connectivity index (χ1n) is 8.86. The van der Waals surface area contributed by atoms with Crippen LogP contribution in [0.1, 0.15) is 28.9 Å². The third-order valence-corrected chi connectivity index (χ3v) is 4.95. The summed E-state index contributed by atoms with van der Waals surface area (Å²) in [4.78, 5) is 20.9. The Morgan fingerprint density at radius 2 is 1.89 bits per heavy atom. The molecule has 0 aliphatic heterocycles. The number of fused-ring (bicyclic) bond motifs is 3. The van der Waals surface area contributed by atoms with Gasteiger partial charge in [-0.2, -0.15) is 5.10 Å². The molecule has 6 heteroatoms. The van der Waals surface area contributed by atoms with Gasteiger partial charge in [0, 0.05) is 30.6 Å². The van der Waals surface area contributed by atoms with E-state index in [1.54, 1.807) is 41.3 Å². The SMILES string of the molecule is O=C1CCCc2c1cnc1c(-c3cccc(O)c3)c(-c3ccncc3)nn21. The maximum atomic E-state index is 12.3. The number of benzene rings is 1. The molecule has 0 fully saturated rings. The fraction of sp³-hybridized carbons (Fsp3) is 0.143. The molecule has 3 aromatic heterocycles. The van der Waals surface area contributed by atoms with Crippen molar-refractivity contribution in [1.82, 2.24) is 19.6 Å². The summed E-state index contributed by atoms with van der Waals surface area (Å²) in [6.07, 6.45) is 7.26. The lowest BCUT2D eigenvalue weighted by molar-refractivity contribution is 0.0970. The van der Waals surface area contributed by atoms with E-state index in [1.165, 1.54) is 0 Å². The van der Waals surface area contributed by atoms with E-state index in [4.69, 9.17) is 5.10 Å². The summed E-state index contributed by atoms with van der Waals surface area (Å²) in [6.45, 7) is 0. The number of carbonyl (C=O) groups is 1. The monoisotopic (exact) mass is 356 g/mol. The van der Waals surface area contributed by atoms with E-state index in [9.17, 15) is 9.90 Å². The van der Waals surface area contributed by atoms with Crippen molar-refractivity contribution in [3.05, 3.63) is 66.2 Å². The molecule has 0 bridgehead atoms. The predicted molar refractivity (Wildman–Crippen MR) is 101 cm³/mol. The number of ketones is 1. The molecule has 0 radical (unpaired) electrons. The van der Waals surface area contributed by atoms with Crippen molar-refractivity contribution in [1.29, 1.82) is 0 Å². The van der Waals surface area contributed by atoms with Gasteiger partial charge >= 0.3 is 0 Å². The Labute approximate surface area is 155 Å². The molecule has 27 heavy (non-hydrogen) atoms. The fourth-order valence-corrected chi connectivity index (χ4v) is 3.69. The summed E-state index contributed by atoms with van der Waals surface area (Å²) in [5, 5.41) is 14.8. The van der Waals surface area contributed by atoms with Gasteiger partial charge in [-0.05, 0) is 42.7 Å². The minimum Gasteiger partial charge on any atom is -0.508 e. The summed E-state index contributed by atoms with van der Waals surface area (Å²) >= 11 is 0. The van der Waals surface area contributed by atoms with Crippen molar-refractivity contribution < 1.29 is 9.90 Å². The van der Waals surface area contributed by atoms with Crippen molar-refractivity contribution in [3.63, 3.8) is 0 Å². The molecule has 1 aromatic carbocycles. The average Bonchev–Trinajstić information content (AvgIpc) is 3.09. The fourth-order valence-electron chi connectivity index (χ4n) is 3.69. The van der Waals surface area contributed by atoms with Crippen molar-refractivity contribution in [2.45, 2.75) is 19.3 Å². The van der Waals surface area contributed by atoms with E-state index >= 15 is 0 Å². The van der Waals surface area contributed by atoms with Gasteiger partial charge in [0.25, 0.3) is 0 Å². The number of aryl methyl sites for hydroxylation is 1. The van der Waals surface area contributed by atoms with Crippen molar-refractivity contribution in [2.24, 2.45) is 0 Å². The highest BCUT2D eigenvalue weighted by molar-refractivity contribution is 5.99. The van der Waals surface area contributed by atoms with E-state index in [2.05, 4.69) is 9.97 Å². The third kappa shape index (κ3) is 2.49. The Bertz CT molecular complexity index is 1180. The van der Waals surface area contributed by atoms with Crippen LogP contribution in [0.5, 0.6) is 5.75 Å². The highest BCUT2D eigenvalue weighted by Gasteiger charge is 2.25. The van der Waals surface area contributed by atoms with Gasteiger partial charge in [0.05, 0.1) is 16.8 Å². The van der Waals surface area contributed by atoms with Crippen molar-refractivity contribution in [3.8, 4) is 28.1 Å². The number of aromatic hydroxyl groups is 1. The number of Topliss-reactive ketones (excluding diaryl/α,β-unsaturated/α-hetero) is 1. The Hall–Kier alpha value is -3.54. The van der Waals surface area contributed by atoms with Crippen molar-refractivity contribution in [2.75, 3.05) is 0 Å². The number of carbonyl (C=O) groups excluding carboxylic acids is 1. The van der Waals surface area contributed by atoms with Gasteiger partial charge in [0.2, 0.25) is 0 Å². The molecular formula is C21H16N4O2. The normalized spacial score (nSPS) is 13.7. The molecule has 132 valence electrons. The molecule has 4 aromatic rings. The van der Waals surface area contributed by atoms with Crippen LogP contribution in [0.2, 0.25) is 0 Å². The molecule has 6 nitrogen and oxygen atoms in total. The zero-order valence-electron chi connectivity index (χ0n) is 14.5. The number of hydrogen-bond donors (Lipinski definition) is 1. The molecule has 1 aliphatic rings. The van der Waals surface area contributed by atoms with Gasteiger partial charge in [-0.15, -0.1) is 0 Å². The lowest BCUT2D eigenvalue weighted by Gasteiger charge is -2.14. The maximum absolute atomic E-state index is 12.3. The number of hydrogen-bond acceptors (Lipinski definition) is 5. The lowest BCUT2D eigenvalue weighted by atomic mass is 9.96. The summed E-state index contributed by atoms with van der Waals surface area (Å²) in [6, 6.07) is 10.8. The minimum absolute atomic E-state index is 0.116. The standard InChI is InChI=1S/C21H16N4O2/c26-15-4-1-3-14(11-15)19-20(13-7-9-22-10-8-13)24-25-17-5-2-6-18(27)16(17)12-23-21(19)25/h1,3-4,7-12,26H,2,5-6H2. The van der Waals surface area contributed by atoms with Crippen LogP contribution in [-0.4, -0.2) is 30.5 Å². The van der Waals surface area contributed by atoms with Crippen molar-refractivity contribution >= 4 is 11.4 Å². The minimum atomic E-state index is 0.116. The molecule has 0 saturated heterocycles. The van der Waals surface area contributed by atoms with Crippen LogP contribution in [0, 0.1) is 0 Å². The second kappa shape index (κ2) is 6.02. The maximum Gasteiger partial charge on any atom is 0.166 e. The zero-order valence-corrected chi connectivity index (χ0v) is 14.5. The molecular weight excluding hydrogens is 340 g/mol. The van der Waals surface area contributed by atoms with Gasteiger partial charge in [-0.3, -0.25) is 9.78 Å². The van der Waals surface area contributed by atoms with Crippen LogP contribution in [0.15, 0.2) is 55.0 Å². The van der Waals surface area contributed by atoms with Crippen LogP contribution in [0.25, 0.3) is 28.0 Å². The summed E-state index contributed by atoms with van der Waals surface area (Å²) < 4.78 is 1.79. The second-order valence-electron chi connectivity index (χ2n) is 6.64. The Morgan fingerprint density at radius 1 is 1.04 bits per heavy atom. The van der Waals surface area contributed by atoms with Crippen LogP contribution >= 0.6 is 0 Å². The number of aromatic nitrogens is 4. The predicted octanol–water partition coefficient (Wildman–Crippen LogP) is 3.68. The second-order valence-corrected chi connectivity index (χ2v) is 6.64. The quantitative estimate of drug-likeness (QED) is 0.592. The number of pyridine rings is 1. The van der Waals surface area contributed by atoms with E-state index in [-0.39, 0.29) is 11.5 Å². The molecule has 0 saturated carbocycles. The first kappa shape index (κ1) is 15.7. The van der Waals surface area contributed by atoms with Crippen LogP contribution < -0.4 is 0 Å². The van der Waals surface area contributed by atoms with Crippen LogP contribution in [0.3, 0.4) is 0 Å². The van der Waals surface area contributed by atoms with E-state index in [0.29, 0.717) is 17.6 Å². The van der Waals surface area contributed by atoms with Crippen LogP contribution in [-0.2, 0) is 6.42 Å². The molecule has 0 spiro atoms. The Morgan fingerprint density at radius 3 is 2.70 bits per heavy atom. The highest BCUT2D eigenvalue weighted by atomic mass is 16.3. The van der Waals surface area contributed by atoms with Gasteiger partial charge in [0.15, 0.2) is 11.4 Å². The summed E-state index contributed by atoms with van der Waals surface area (Å²) in [7, 11) is 0. The number of phenols is 1. The van der Waals surface area contributed by atoms with Crippen LogP contribution in [0.4, 0.5) is 0 Å². The number of nitrogens with zero attached hydrogens (tertiary/aromatic N) is 4. The van der Waals surface area contributed by atoms with E-state index in [1.807, 2.05) is 18.2 Å². The first-order valence-corrected chi connectivity index (χ1v) is 8.86. The molecule has 0 amide bonds. The number of rotatable bonds is 2. The average molecular weight is 356 g/mol.